The van der Waals surface area contributed by atoms with Crippen LogP contribution in [0.4, 0.5) is 0 Å². The molecule has 0 fully saturated rings. The van der Waals surface area contributed by atoms with Crippen molar-refractivity contribution in [3.05, 3.63) is 10.1 Å². The summed E-state index contributed by atoms with van der Waals surface area (Å²) in [6.07, 6.45) is -2.43. The van der Waals surface area contributed by atoms with Crippen LogP contribution in [0.3, 0.4) is 0 Å². The molecular weight excluding hydrogens is 463 g/mol. The molecule has 0 aromatic carbocycles. The molecule has 0 aromatic heterocycles. The van der Waals surface area contributed by atoms with Gasteiger partial charge in [-0.05, 0) is 0 Å². The van der Waals surface area contributed by atoms with Crippen LogP contribution < -0.4 is 0 Å². The summed E-state index contributed by atoms with van der Waals surface area (Å²) in [4.78, 5) is 77.5. The van der Waals surface area contributed by atoms with Crippen molar-refractivity contribution in [2.45, 2.75) is 18.4 Å². The topological polar surface area (TPSA) is 349 Å². The summed E-state index contributed by atoms with van der Waals surface area (Å²) < 4.78 is 25.3. The average molecular weight is 477 g/mol. The molecule has 10 N–H and O–H groups in total. The van der Waals surface area contributed by atoms with Gasteiger partial charge in [0.05, 0.1) is 12.8 Å². The molecule has 170 valence electrons. The Morgan fingerprint density at radius 3 is 1.34 bits per heavy atom. The number of aliphatic carboxylic acids is 3. The number of carboxylic acid groups (broad SMARTS) is 3. The van der Waals surface area contributed by atoms with E-state index in [9.17, 15) is 18.9 Å². The summed E-state index contributed by atoms with van der Waals surface area (Å²) in [6, 6.07) is 0. The van der Waals surface area contributed by atoms with Crippen molar-refractivity contribution in [2.24, 2.45) is 0 Å². The quantitative estimate of drug-likeness (QED) is 0.0656. The van der Waals surface area contributed by atoms with E-state index in [1.807, 2.05) is 0 Å². The van der Waals surface area contributed by atoms with Gasteiger partial charge in [0.1, 0.15) is 0 Å². The highest BCUT2D eigenvalue weighted by Crippen LogP contribution is 2.35. The number of hydrogen-bond acceptors (Lipinski definition) is 11. The van der Waals surface area contributed by atoms with Gasteiger partial charge in [0, 0.05) is 0 Å². The number of phosphoric acid groups is 2. The number of nitrogens with zero attached hydrogens (tertiary/aromatic N) is 1. The van der Waals surface area contributed by atoms with Gasteiger partial charge in [-0.15, -0.1) is 10.1 Å². The van der Waals surface area contributed by atoms with Gasteiger partial charge in [-0.25, -0.2) is 13.9 Å². The third-order valence-electron chi connectivity index (χ3n) is 1.77. The summed E-state index contributed by atoms with van der Waals surface area (Å²) >= 11 is 0. The maximum atomic E-state index is 10.8. The van der Waals surface area contributed by atoms with Gasteiger partial charge in [0.25, 0.3) is 0 Å². The van der Waals surface area contributed by atoms with Gasteiger partial charge < -0.3 is 54.5 Å². The van der Waals surface area contributed by atoms with Gasteiger partial charge in [0.15, 0.2) is 5.60 Å². The third-order valence-corrected chi connectivity index (χ3v) is 2.11. The van der Waals surface area contributed by atoms with E-state index in [4.69, 9.17) is 64.5 Å². The molecule has 0 bridgehead atoms. The predicted molar refractivity (Wildman–Crippen MR) is 80.5 cm³/mol. The Balaban J connectivity index is -0.000000430. The molecule has 0 amide bonds. The van der Waals surface area contributed by atoms with E-state index in [1.54, 1.807) is 0 Å². The van der Waals surface area contributed by atoms with E-state index >= 15 is 0 Å². The molecule has 0 aliphatic heterocycles. The van der Waals surface area contributed by atoms with E-state index in [2.05, 4.69) is 9.28 Å². The first-order chi connectivity index (χ1) is 12.6. The minimum atomic E-state index is -4.92. The Hall–Kier alpha value is -2.19. The second kappa shape index (κ2) is 13.1. The minimum absolute atomic E-state index is 1.22. The maximum absolute atomic E-state index is 10.8. The van der Waals surface area contributed by atoms with E-state index < -0.39 is 64.4 Å². The zero-order chi connectivity index (χ0) is 24.2. The van der Waals surface area contributed by atoms with E-state index in [0.717, 1.165) is 0 Å². The number of carbonyl (C=O) groups is 3. The zero-order valence-corrected chi connectivity index (χ0v) is 15.3. The average Bonchev–Trinajstić information content (AvgIpc) is 2.30. The van der Waals surface area contributed by atoms with Crippen LogP contribution in [0.1, 0.15) is 12.8 Å². The van der Waals surface area contributed by atoms with Crippen LogP contribution in [-0.2, 0) is 32.8 Å². The molecule has 0 unspecified atom stereocenters. The van der Waals surface area contributed by atoms with Gasteiger partial charge in [-0.3, -0.25) is 9.59 Å². The van der Waals surface area contributed by atoms with Crippen LogP contribution in [0.5, 0.6) is 0 Å². The Kier molecular flexibility index (Phi) is 14.2. The third kappa shape index (κ3) is 25.8. The minimum Gasteiger partial charge on any atom is -0.481 e. The standard InChI is InChI=1S/C6H9BO9.H2NO6P.H3O4P/c8-3(9)1-6(5(12)13,2-4(10)11)16-7(14)15;2-1(3)7-8(4,5)6;1-5(2,3)4/h14-15H,1-2H2,(H,8,9)(H,10,11)(H,12,13);(H2,4,5,6);(H3,1,2,3,4). The van der Waals surface area contributed by atoms with Crippen molar-refractivity contribution >= 4 is 40.9 Å². The van der Waals surface area contributed by atoms with Crippen molar-refractivity contribution in [1.82, 2.24) is 0 Å². The Morgan fingerprint density at radius 1 is 0.931 bits per heavy atom. The highest BCUT2D eigenvalue weighted by molar-refractivity contribution is 7.46. The van der Waals surface area contributed by atoms with Crippen molar-refractivity contribution < 1.29 is 87.7 Å². The largest absolute Gasteiger partial charge is 0.634 e. The first kappa shape index (κ1) is 31.5. The molecule has 0 aliphatic rings. The molecule has 0 spiro atoms. The molecule has 0 aromatic rings. The van der Waals surface area contributed by atoms with Crippen LogP contribution in [0, 0.1) is 10.1 Å². The lowest BCUT2D eigenvalue weighted by atomic mass is 9.93. The monoisotopic (exact) mass is 477 g/mol. The molecule has 0 aliphatic carbocycles. The first-order valence-electron chi connectivity index (χ1n) is 6.00. The molecule has 0 saturated carbocycles. The number of carboxylic acids is 3. The molecule has 0 saturated heterocycles. The first-order valence-corrected chi connectivity index (χ1v) is 9.09. The second-order valence-electron chi connectivity index (χ2n) is 4.19. The van der Waals surface area contributed by atoms with Gasteiger partial charge in [-0.1, -0.05) is 0 Å². The highest BCUT2D eigenvalue weighted by Gasteiger charge is 2.46. The lowest BCUT2D eigenvalue weighted by molar-refractivity contribution is -0.718. The van der Waals surface area contributed by atoms with Crippen molar-refractivity contribution in [3.8, 4) is 0 Å². The van der Waals surface area contributed by atoms with Crippen molar-refractivity contribution in [2.75, 3.05) is 0 Å². The smallest absolute Gasteiger partial charge is 0.481 e. The normalized spacial score (nSPS) is 11.0. The van der Waals surface area contributed by atoms with E-state index in [-0.39, 0.29) is 0 Å². The highest BCUT2D eigenvalue weighted by atomic mass is 31.2. The summed E-state index contributed by atoms with van der Waals surface area (Å²) in [5.74, 6) is -5.21. The fourth-order valence-corrected chi connectivity index (χ4v) is 1.30. The molecule has 23 heteroatoms. The number of hydrogen-bond donors (Lipinski definition) is 10. The van der Waals surface area contributed by atoms with E-state index in [0.29, 0.717) is 0 Å². The fraction of sp³-hybridized carbons (Fsp3) is 0.500. The van der Waals surface area contributed by atoms with Crippen LogP contribution in [-0.4, -0.2) is 85.8 Å². The molecule has 0 heterocycles. The number of rotatable bonds is 9. The van der Waals surface area contributed by atoms with Crippen LogP contribution >= 0.6 is 15.6 Å². The van der Waals surface area contributed by atoms with Crippen molar-refractivity contribution in [3.63, 3.8) is 0 Å². The Morgan fingerprint density at radius 2 is 1.24 bits per heavy atom. The molecule has 20 nitrogen and oxygen atoms in total. The van der Waals surface area contributed by atoms with Crippen LogP contribution in [0.15, 0.2) is 0 Å². The summed E-state index contributed by atoms with van der Waals surface area (Å²) in [6.45, 7) is 0. The SMILES string of the molecule is O=C(O)CC(CC(=O)O)(OB(O)O)C(=O)O.O=P(O)(O)O.O=[N+]([O-])OP(=O)(O)O. The summed E-state index contributed by atoms with van der Waals surface area (Å²) in [5, 5.41) is 50.0. The van der Waals surface area contributed by atoms with Crippen molar-refractivity contribution in [1.29, 1.82) is 0 Å². The molecule has 0 rings (SSSR count). The van der Waals surface area contributed by atoms with Crippen LogP contribution in [0.25, 0.3) is 0 Å². The summed E-state index contributed by atoms with van der Waals surface area (Å²) in [7, 11) is -12.1. The molecular formula is C6H14BNO19P2. The lowest BCUT2D eigenvalue weighted by Crippen LogP contribution is -2.49. The predicted octanol–water partition coefficient (Wildman–Crippen LogP) is -3.90. The lowest BCUT2D eigenvalue weighted by Gasteiger charge is -2.26. The molecule has 29 heavy (non-hydrogen) atoms. The Bertz CT molecular complexity index is 639. The van der Waals surface area contributed by atoms with Gasteiger partial charge >= 0.3 is 46.0 Å². The van der Waals surface area contributed by atoms with Crippen LogP contribution in [0.2, 0.25) is 0 Å². The molecule has 0 atom stereocenters. The Labute approximate surface area is 158 Å². The molecule has 0 radical (unpaired) electrons. The van der Waals surface area contributed by atoms with Gasteiger partial charge in [0.2, 0.25) is 0 Å². The van der Waals surface area contributed by atoms with E-state index in [1.165, 1.54) is 0 Å². The maximum Gasteiger partial charge on any atom is 0.634 e. The zero-order valence-electron chi connectivity index (χ0n) is 13.5. The van der Waals surface area contributed by atoms with Gasteiger partial charge in [-0.2, -0.15) is 4.62 Å². The fourth-order valence-electron chi connectivity index (χ4n) is 1.12. The second-order valence-corrected chi connectivity index (χ2v) is 6.36. The summed E-state index contributed by atoms with van der Waals surface area (Å²) in [5.41, 5.74) is -2.72.